The average molecular weight is 898 g/mol. The monoisotopic (exact) mass is 897 g/mol. The number of cyclic esters (lactones) is 1. The van der Waals surface area contributed by atoms with Gasteiger partial charge in [-0.05, 0) is 95.5 Å². The summed E-state index contributed by atoms with van der Waals surface area (Å²) in [6.07, 6.45) is 4.16. The zero-order valence-corrected chi connectivity index (χ0v) is 40.1. The van der Waals surface area contributed by atoms with Gasteiger partial charge in [0.05, 0.1) is 35.4 Å². The van der Waals surface area contributed by atoms with Gasteiger partial charge in [0, 0.05) is 97.5 Å². The van der Waals surface area contributed by atoms with Crippen molar-refractivity contribution < 1.29 is 33.3 Å². The van der Waals surface area contributed by atoms with Crippen molar-refractivity contribution in [1.82, 2.24) is 35.2 Å². The molecule has 0 unspecified atom stereocenters. The van der Waals surface area contributed by atoms with E-state index in [1.54, 1.807) is 7.11 Å². The van der Waals surface area contributed by atoms with Crippen LogP contribution in [0.3, 0.4) is 0 Å². The summed E-state index contributed by atoms with van der Waals surface area (Å²) in [7, 11) is 5.68. The number of amides is 2. The number of benzene rings is 1. The quantitative estimate of drug-likeness (QED) is 0.156. The highest BCUT2D eigenvalue weighted by Crippen LogP contribution is 2.47. The molecular formula is C49H67N7O7S. The number of thiazole rings is 1. The van der Waals surface area contributed by atoms with Crippen molar-refractivity contribution in [2.75, 3.05) is 54.1 Å². The van der Waals surface area contributed by atoms with Crippen molar-refractivity contribution in [3.05, 3.63) is 57.7 Å². The first-order valence-electron chi connectivity index (χ1n) is 23.2. The molecule has 1 aromatic carbocycles. The van der Waals surface area contributed by atoms with Crippen LogP contribution in [0, 0.1) is 23.2 Å². The van der Waals surface area contributed by atoms with Crippen LogP contribution in [0.15, 0.2) is 35.8 Å². The molecule has 64 heavy (non-hydrogen) atoms. The molecule has 0 radical (unpaired) electrons. The number of pyridine rings is 1. The molecule has 15 heteroatoms. The second-order valence-electron chi connectivity index (χ2n) is 19.3. The Morgan fingerprint density at radius 2 is 1.84 bits per heavy atom. The molecule has 1 aliphatic carbocycles. The van der Waals surface area contributed by atoms with Crippen LogP contribution in [0.4, 0.5) is 0 Å². The smallest absolute Gasteiger partial charge is 0.324 e. The Hall–Kier alpha value is -4.25. The van der Waals surface area contributed by atoms with Gasteiger partial charge in [-0.25, -0.2) is 10.4 Å². The molecule has 6 bridgehead atoms. The molecule has 4 aliphatic rings. The van der Waals surface area contributed by atoms with Crippen molar-refractivity contribution in [2.45, 2.75) is 117 Å². The van der Waals surface area contributed by atoms with E-state index in [1.165, 1.54) is 16.3 Å². The number of nitrogens with zero attached hydrogens (tertiary/aromatic N) is 5. The van der Waals surface area contributed by atoms with E-state index in [1.807, 2.05) is 32.5 Å². The number of likely N-dealkylation sites (tertiary alicyclic amines) is 1. The van der Waals surface area contributed by atoms with Crippen molar-refractivity contribution >= 4 is 40.0 Å². The molecule has 2 amide bonds. The maximum Gasteiger partial charge on any atom is 0.324 e. The Labute approximate surface area is 381 Å². The van der Waals surface area contributed by atoms with Crippen molar-refractivity contribution in [3.63, 3.8) is 0 Å². The van der Waals surface area contributed by atoms with Crippen molar-refractivity contribution in [1.29, 1.82) is 0 Å². The Bertz CT molecular complexity index is 2360. The molecule has 0 spiro atoms. The number of fused-ring (bicyclic) bond motifs is 6. The summed E-state index contributed by atoms with van der Waals surface area (Å²) in [4.78, 5) is 55.1. The van der Waals surface area contributed by atoms with E-state index in [9.17, 15) is 14.4 Å². The number of piperidine rings is 1. The zero-order valence-electron chi connectivity index (χ0n) is 39.3. The molecule has 14 nitrogen and oxygen atoms in total. The van der Waals surface area contributed by atoms with Gasteiger partial charge in [-0.1, -0.05) is 33.8 Å². The van der Waals surface area contributed by atoms with Crippen LogP contribution in [0.25, 0.3) is 33.4 Å². The van der Waals surface area contributed by atoms with Gasteiger partial charge in [-0.15, -0.1) is 11.3 Å². The van der Waals surface area contributed by atoms with E-state index in [2.05, 4.69) is 86.1 Å². The molecule has 2 N–H and O–H groups in total. The molecule has 3 fully saturated rings. The van der Waals surface area contributed by atoms with Crippen LogP contribution in [-0.2, 0) is 51.9 Å². The third-order valence-electron chi connectivity index (χ3n) is 14.5. The summed E-state index contributed by atoms with van der Waals surface area (Å²) >= 11 is 1.41. The normalized spacial score (nSPS) is 26.6. The second-order valence-corrected chi connectivity index (χ2v) is 20.2. The number of aromatic nitrogens is 3. The van der Waals surface area contributed by atoms with E-state index in [4.69, 9.17) is 28.9 Å². The lowest BCUT2D eigenvalue weighted by Gasteiger charge is -2.40. The summed E-state index contributed by atoms with van der Waals surface area (Å²) in [5.74, 6) is -0.758. The number of nitrogens with one attached hydrogen (secondary N) is 2. The molecule has 8 rings (SSSR count). The fourth-order valence-corrected chi connectivity index (χ4v) is 11.1. The van der Waals surface area contributed by atoms with E-state index >= 15 is 0 Å². The molecule has 1 saturated carbocycles. The fraction of sp³-hybridized carbons (Fsp3) is 0.612. The molecule has 6 heterocycles. The first-order valence-corrected chi connectivity index (χ1v) is 24.1. The summed E-state index contributed by atoms with van der Waals surface area (Å²) < 4.78 is 27.4. The number of esters is 1. The average Bonchev–Trinajstić information content (AvgIpc) is 3.57. The van der Waals surface area contributed by atoms with Crippen molar-refractivity contribution in [2.24, 2.45) is 23.2 Å². The first-order chi connectivity index (χ1) is 30.6. The van der Waals surface area contributed by atoms with Crippen LogP contribution >= 0.6 is 11.3 Å². The predicted octanol–water partition coefficient (Wildman–Crippen LogP) is 7.21. The van der Waals surface area contributed by atoms with Gasteiger partial charge < -0.3 is 33.7 Å². The van der Waals surface area contributed by atoms with E-state index in [0.29, 0.717) is 44.0 Å². The lowest BCUT2D eigenvalue weighted by atomic mass is 9.82. The third kappa shape index (κ3) is 8.76. The van der Waals surface area contributed by atoms with Gasteiger partial charge in [0.2, 0.25) is 5.91 Å². The minimum Gasteiger partial charge on any atom is -0.464 e. The molecule has 2 saturated heterocycles. The summed E-state index contributed by atoms with van der Waals surface area (Å²) in [6, 6.07) is 6.94. The molecule has 4 aromatic rings. The second kappa shape index (κ2) is 18.6. The summed E-state index contributed by atoms with van der Waals surface area (Å²) in [5.41, 5.74) is 9.93. The number of aryl methyl sites for hydroxylation is 1. The number of carbonyl (C=O) groups excluding carboxylic acids is 3. The highest BCUT2D eigenvalue weighted by Gasteiger charge is 2.50. The molecular weight excluding hydrogens is 831 g/mol. The number of hydrogen-bond acceptors (Lipinski definition) is 12. The van der Waals surface area contributed by atoms with Crippen LogP contribution in [0.2, 0.25) is 0 Å². The standard InChI is InChI=1S/C49H67N7O7S/c1-11-55-38-16-15-31-22-33(38)35(42(55)34-23-32(25-50-40(34)30(5)60-9)49(61-10)17-20-54(8)21-18-49)24-48(6,7)27-63-47(59)36-14-13-19-56(53-36)46(58)41(52-44(57)39-28(3)29(39)4)43(62-12-2)45-51-37(31)26-64-45/h15-16,22-23,25-26,28-30,36,39,41,43,53H,11-14,17-21,24,27H2,1-10H3,(H,52,57)/t28-,29+,30-,36-,39+,41-,43-/m0/s1. The van der Waals surface area contributed by atoms with Gasteiger partial charge in [-0.3, -0.25) is 24.4 Å². The molecule has 3 aromatic heterocycles. The number of ether oxygens (including phenoxy) is 4. The highest BCUT2D eigenvalue weighted by molar-refractivity contribution is 7.10. The van der Waals surface area contributed by atoms with Crippen LogP contribution in [-0.4, -0.2) is 108 Å². The Morgan fingerprint density at radius 1 is 1.09 bits per heavy atom. The van der Waals surface area contributed by atoms with Crippen LogP contribution in [0.1, 0.15) is 108 Å². The lowest BCUT2D eigenvalue weighted by Crippen LogP contribution is -2.61. The number of rotatable bonds is 10. The van der Waals surface area contributed by atoms with Gasteiger partial charge in [-0.2, -0.15) is 0 Å². The zero-order chi connectivity index (χ0) is 45.7. The third-order valence-corrected chi connectivity index (χ3v) is 15.4. The topological polar surface area (TPSA) is 149 Å². The Kier molecular flexibility index (Phi) is 13.4. The van der Waals surface area contributed by atoms with E-state index in [0.717, 1.165) is 76.2 Å². The largest absolute Gasteiger partial charge is 0.464 e. The predicted molar refractivity (Wildman–Crippen MR) is 247 cm³/mol. The highest BCUT2D eigenvalue weighted by atomic mass is 32.1. The van der Waals surface area contributed by atoms with E-state index in [-0.39, 0.29) is 42.3 Å². The maximum atomic E-state index is 14.6. The van der Waals surface area contributed by atoms with E-state index < -0.39 is 35.2 Å². The van der Waals surface area contributed by atoms with Gasteiger partial charge in [0.25, 0.3) is 5.91 Å². The summed E-state index contributed by atoms with van der Waals surface area (Å²) in [5, 5.41) is 8.21. The fourth-order valence-electron chi connectivity index (χ4n) is 10.2. The van der Waals surface area contributed by atoms with Crippen LogP contribution in [0.5, 0.6) is 0 Å². The van der Waals surface area contributed by atoms with Crippen molar-refractivity contribution in [3.8, 4) is 22.5 Å². The summed E-state index contributed by atoms with van der Waals surface area (Å²) in [6.45, 7) is 17.8. The number of carbonyl (C=O) groups is 3. The Morgan fingerprint density at radius 3 is 2.52 bits per heavy atom. The Balaban J connectivity index is 1.31. The first kappa shape index (κ1) is 46.3. The minimum atomic E-state index is -1.08. The molecule has 346 valence electrons. The SMILES string of the molecule is CCO[C@@H]1c2nc(cs2)-c2ccc3c(c2)c(c(-c2cc(C4(OC)CCN(C)CC4)cnc2[C@H](C)OC)n3CC)CC(C)(C)COC(=O)[C@@H]2CCCN(N2)C(=O)[C@H]1NC(=O)[C@H]1[C@H](C)[C@@H]1C. The van der Waals surface area contributed by atoms with Crippen LogP contribution < -0.4 is 10.7 Å². The number of methoxy groups -OCH3 is 2. The van der Waals surface area contributed by atoms with Gasteiger partial charge in [0.15, 0.2) is 0 Å². The van der Waals surface area contributed by atoms with Gasteiger partial charge in [0.1, 0.15) is 23.2 Å². The minimum absolute atomic E-state index is 0.147. The maximum absolute atomic E-state index is 14.6. The number of hydrazine groups is 1. The molecule has 3 aliphatic heterocycles. The number of hydrogen-bond donors (Lipinski definition) is 2. The molecule has 7 atom stereocenters. The van der Waals surface area contributed by atoms with Gasteiger partial charge >= 0.3 is 5.97 Å². The lowest BCUT2D eigenvalue weighted by molar-refractivity contribution is -0.156.